The first-order valence-corrected chi connectivity index (χ1v) is 11.7. The van der Waals surface area contributed by atoms with Gasteiger partial charge in [-0.05, 0) is 73.9 Å². The number of anilines is 2. The molecule has 1 aliphatic rings. The van der Waals surface area contributed by atoms with Crippen molar-refractivity contribution in [1.82, 2.24) is 5.32 Å². The second kappa shape index (κ2) is 15.4. The van der Waals surface area contributed by atoms with E-state index >= 15 is 0 Å². The van der Waals surface area contributed by atoms with Gasteiger partial charge < -0.3 is 32.0 Å². The van der Waals surface area contributed by atoms with Gasteiger partial charge in [0.25, 0.3) is 5.91 Å². The van der Waals surface area contributed by atoms with Crippen molar-refractivity contribution in [3.8, 4) is 0 Å². The largest absolute Gasteiger partial charge is 1.00 e. The summed E-state index contributed by atoms with van der Waals surface area (Å²) in [4.78, 5) is 37.6. The van der Waals surface area contributed by atoms with Crippen molar-refractivity contribution in [2.24, 2.45) is 5.92 Å². The van der Waals surface area contributed by atoms with Gasteiger partial charge in [0.15, 0.2) is 0 Å². The molecule has 0 heterocycles. The monoisotopic (exact) mass is 511 g/mol. The number of hydrogen-bond acceptors (Lipinski definition) is 4. The number of carboxylic acid groups (broad SMARTS) is 1. The van der Waals surface area contributed by atoms with Crippen LogP contribution in [0.15, 0.2) is 30.3 Å². The number of carbonyl (C=O) groups is 3. The van der Waals surface area contributed by atoms with E-state index < -0.39 is 29.8 Å². The Bertz CT molecular complexity index is 1070. The van der Waals surface area contributed by atoms with Crippen LogP contribution in [0.4, 0.5) is 20.6 Å². The maximum absolute atomic E-state index is 14.0. The third-order valence-corrected chi connectivity index (χ3v) is 6.39. The van der Waals surface area contributed by atoms with Gasteiger partial charge in [0.2, 0.25) is 0 Å². The van der Waals surface area contributed by atoms with Crippen LogP contribution >= 0.6 is 0 Å². The standard InChI is InChI=1S/C26H32FN3O4.Li.2H2O/c1-4-17-12-15(2)22(16(3)13-17)30-26(34)28-21-14-19(27)10-11-20(21)24(31)29-23(25(32)33)18-8-6-5-7-9-18;;;/h10-14,18,23H,4-9H2,1-3H3,(H,29,31)(H,32,33)(H2,28,30,34);;2*1H2/q;+1;;/p-1/t23-;;;/m0.../s1. The van der Waals surface area contributed by atoms with Gasteiger partial charge in [-0.1, -0.05) is 38.3 Å². The number of benzene rings is 2. The summed E-state index contributed by atoms with van der Waals surface area (Å²) < 4.78 is 14.0. The number of aryl methyl sites for hydroxylation is 3. The molecule has 11 heteroatoms. The number of carbonyl (C=O) groups excluding carboxylic acids is 2. The van der Waals surface area contributed by atoms with E-state index in [4.69, 9.17) is 0 Å². The molecule has 7 N–H and O–H groups in total. The van der Waals surface area contributed by atoms with E-state index in [-0.39, 0.29) is 47.0 Å². The van der Waals surface area contributed by atoms with Gasteiger partial charge in [-0.3, -0.25) is 4.79 Å². The Morgan fingerprint density at radius 1 is 1.03 bits per heavy atom. The molecule has 37 heavy (non-hydrogen) atoms. The van der Waals surface area contributed by atoms with Crippen molar-refractivity contribution in [1.29, 1.82) is 0 Å². The van der Waals surface area contributed by atoms with Gasteiger partial charge in [0, 0.05) is 5.69 Å². The Labute approximate surface area is 228 Å². The van der Waals surface area contributed by atoms with E-state index in [0.29, 0.717) is 5.69 Å². The van der Waals surface area contributed by atoms with E-state index in [0.717, 1.165) is 67.3 Å². The summed E-state index contributed by atoms with van der Waals surface area (Å²) in [5, 5.41) is 17.6. The molecule has 0 saturated heterocycles. The molecule has 2 aromatic carbocycles. The second-order valence-corrected chi connectivity index (χ2v) is 8.91. The Balaban J connectivity index is 0.00000432. The summed E-state index contributed by atoms with van der Waals surface area (Å²) in [6, 6.07) is 5.70. The normalized spacial score (nSPS) is 13.6. The number of amides is 3. The number of nitrogens with one attached hydrogen (secondary N) is 3. The Morgan fingerprint density at radius 2 is 1.62 bits per heavy atom. The summed E-state index contributed by atoms with van der Waals surface area (Å²) in [7, 11) is 0. The quantitative estimate of drug-likeness (QED) is 0.412. The van der Waals surface area contributed by atoms with Gasteiger partial charge in [0.1, 0.15) is 11.9 Å². The summed E-state index contributed by atoms with van der Waals surface area (Å²) in [6.07, 6.45) is 5.22. The van der Waals surface area contributed by atoms with Crippen LogP contribution in [-0.2, 0) is 11.2 Å². The second-order valence-electron chi connectivity index (χ2n) is 8.91. The van der Waals surface area contributed by atoms with Gasteiger partial charge in [-0.15, -0.1) is 0 Å². The molecule has 198 valence electrons. The molecule has 0 radical (unpaired) electrons. The molecule has 3 amide bonds. The number of carboxylic acids is 1. The maximum atomic E-state index is 14.0. The van der Waals surface area contributed by atoms with E-state index in [1.165, 1.54) is 6.07 Å². The minimum Gasteiger partial charge on any atom is -0.870 e. The molecule has 1 aliphatic carbocycles. The van der Waals surface area contributed by atoms with Crippen molar-refractivity contribution in [3.63, 3.8) is 0 Å². The zero-order valence-electron chi connectivity index (χ0n) is 21.8. The van der Waals surface area contributed by atoms with Crippen LogP contribution in [0.5, 0.6) is 0 Å². The van der Waals surface area contributed by atoms with Gasteiger partial charge in [-0.25, -0.2) is 14.0 Å². The average molecular weight is 512 g/mol. The topological polar surface area (TPSA) is 169 Å². The smallest absolute Gasteiger partial charge is 0.870 e. The molecule has 0 aliphatic heterocycles. The molecule has 1 fully saturated rings. The predicted octanol–water partition coefficient (Wildman–Crippen LogP) is 1.41. The molecule has 1 atom stereocenters. The van der Waals surface area contributed by atoms with E-state index in [2.05, 4.69) is 16.0 Å². The summed E-state index contributed by atoms with van der Waals surface area (Å²) in [6.45, 7) is 5.83. The van der Waals surface area contributed by atoms with E-state index in [1.807, 2.05) is 32.9 Å². The number of urea groups is 1. The van der Waals surface area contributed by atoms with Crippen molar-refractivity contribution in [2.45, 2.75) is 65.3 Å². The van der Waals surface area contributed by atoms with Crippen molar-refractivity contribution < 1.29 is 53.7 Å². The van der Waals surface area contributed by atoms with E-state index in [1.54, 1.807) is 0 Å². The van der Waals surface area contributed by atoms with Crippen molar-refractivity contribution in [2.75, 3.05) is 10.6 Å². The van der Waals surface area contributed by atoms with Crippen molar-refractivity contribution >= 4 is 29.3 Å². The first-order chi connectivity index (χ1) is 16.2. The number of aliphatic carboxylic acids is 1. The predicted molar refractivity (Wildman–Crippen MR) is 135 cm³/mol. The van der Waals surface area contributed by atoms with Crippen LogP contribution in [0.1, 0.15) is 66.1 Å². The first kappa shape index (κ1) is 34.1. The number of rotatable bonds is 7. The third-order valence-electron chi connectivity index (χ3n) is 6.39. The molecule has 0 spiro atoms. The molecule has 1 saturated carbocycles. The maximum Gasteiger partial charge on any atom is 1.00 e. The van der Waals surface area contributed by atoms with Crippen LogP contribution in [0.2, 0.25) is 0 Å². The van der Waals surface area contributed by atoms with Gasteiger partial charge in [-0.2, -0.15) is 0 Å². The van der Waals surface area contributed by atoms with Gasteiger partial charge >= 0.3 is 30.9 Å². The fourth-order valence-corrected chi connectivity index (χ4v) is 4.61. The Hall–Kier alpha value is -2.90. The van der Waals surface area contributed by atoms with Gasteiger partial charge in [0.05, 0.1) is 11.3 Å². The summed E-state index contributed by atoms with van der Waals surface area (Å²) in [5.41, 5.74) is 3.52. The van der Waals surface area contributed by atoms with Crippen LogP contribution in [0.25, 0.3) is 0 Å². The summed E-state index contributed by atoms with van der Waals surface area (Å²) in [5.74, 6) is -2.56. The Morgan fingerprint density at radius 3 is 2.16 bits per heavy atom. The molecule has 3 rings (SSSR count). The molecule has 0 aromatic heterocycles. The minimum absolute atomic E-state index is 0. The molecule has 2 aromatic rings. The van der Waals surface area contributed by atoms with E-state index in [9.17, 15) is 23.9 Å². The fraction of sp³-hybridized carbons (Fsp3) is 0.423. The number of hydrogen-bond donors (Lipinski definition) is 4. The number of halogens is 1. The molecular formula is C26H35FLiN3O6. The minimum atomic E-state index is -1.10. The van der Waals surface area contributed by atoms with Crippen LogP contribution in [0, 0.1) is 25.6 Å². The van der Waals surface area contributed by atoms with Crippen LogP contribution in [-0.4, -0.2) is 40.0 Å². The molecule has 0 bridgehead atoms. The SMILES string of the molecule is CCc1cc(C)c(NC(=O)Nc2cc(F)ccc2C(=O)N[C@H](C(=O)O)C2CCCCC2)c(C)c1.O.[Li+].[OH-]. The fourth-order valence-electron chi connectivity index (χ4n) is 4.61. The zero-order chi connectivity index (χ0) is 24.8. The summed E-state index contributed by atoms with van der Waals surface area (Å²) >= 11 is 0. The average Bonchev–Trinajstić information content (AvgIpc) is 2.80. The van der Waals surface area contributed by atoms with Crippen LogP contribution in [0.3, 0.4) is 0 Å². The Kier molecular flexibility index (Phi) is 14.2. The zero-order valence-corrected chi connectivity index (χ0v) is 21.8. The molecule has 9 nitrogen and oxygen atoms in total. The first-order valence-electron chi connectivity index (χ1n) is 11.7. The molecular weight excluding hydrogens is 476 g/mol. The van der Waals surface area contributed by atoms with Crippen LogP contribution < -0.4 is 34.8 Å². The molecule has 0 unspecified atom stereocenters. The van der Waals surface area contributed by atoms with Crippen molar-refractivity contribution in [3.05, 3.63) is 58.4 Å². The third kappa shape index (κ3) is 8.86.